The van der Waals surface area contributed by atoms with E-state index < -0.39 is 6.04 Å². The van der Waals surface area contributed by atoms with Gasteiger partial charge in [-0.25, -0.2) is 0 Å². The molecule has 0 saturated carbocycles. The molecule has 0 aliphatic carbocycles. The Bertz CT molecular complexity index is 813. The lowest BCUT2D eigenvalue weighted by molar-refractivity contribution is -0.139. The van der Waals surface area contributed by atoms with Gasteiger partial charge >= 0.3 is 0 Å². The van der Waals surface area contributed by atoms with Crippen LogP contribution in [0.3, 0.4) is 0 Å². The number of fused-ring (bicyclic) bond motifs is 1. The molecule has 1 aliphatic rings. The number of hydrogen-bond donors (Lipinski definition) is 1. The second-order valence-electron chi connectivity index (χ2n) is 6.71. The number of carbonyl (C=O) groups is 2. The highest BCUT2D eigenvalue weighted by molar-refractivity contribution is 5.88. The summed E-state index contributed by atoms with van der Waals surface area (Å²) in [5.41, 5.74) is 5.50. The second kappa shape index (κ2) is 7.09. The maximum Gasteiger partial charge on any atom is 0.247 e. The third-order valence-corrected chi connectivity index (χ3v) is 4.89. The van der Waals surface area contributed by atoms with Crippen LogP contribution in [-0.2, 0) is 22.6 Å². The number of nitrogens with one attached hydrogen (secondary N) is 1. The van der Waals surface area contributed by atoms with Crippen molar-refractivity contribution in [2.45, 2.75) is 39.8 Å². The molecule has 4 nitrogen and oxygen atoms in total. The maximum absolute atomic E-state index is 12.9. The topological polar surface area (TPSA) is 49.4 Å². The molecule has 0 aromatic heterocycles. The van der Waals surface area contributed by atoms with Crippen molar-refractivity contribution < 1.29 is 9.59 Å². The largest absolute Gasteiger partial charge is 0.350 e. The van der Waals surface area contributed by atoms with Crippen LogP contribution in [0.1, 0.15) is 40.8 Å². The fourth-order valence-electron chi connectivity index (χ4n) is 3.46. The van der Waals surface area contributed by atoms with E-state index in [0.717, 1.165) is 28.7 Å². The first-order valence-electron chi connectivity index (χ1n) is 8.66. The monoisotopic (exact) mass is 336 g/mol. The molecule has 0 fully saturated rings. The molecule has 0 spiro atoms. The zero-order valence-corrected chi connectivity index (χ0v) is 15.0. The Morgan fingerprint density at radius 1 is 1.16 bits per heavy atom. The Labute approximate surface area is 148 Å². The van der Waals surface area contributed by atoms with Crippen LogP contribution in [0.2, 0.25) is 0 Å². The predicted octanol–water partition coefficient (Wildman–Crippen LogP) is 3.07. The number of rotatable bonds is 3. The first kappa shape index (κ1) is 17.2. The molecule has 2 aromatic carbocycles. The predicted molar refractivity (Wildman–Crippen MR) is 98.0 cm³/mol. The molecular weight excluding hydrogens is 312 g/mol. The highest BCUT2D eigenvalue weighted by Gasteiger charge is 2.34. The van der Waals surface area contributed by atoms with Crippen molar-refractivity contribution in [2.24, 2.45) is 0 Å². The summed E-state index contributed by atoms with van der Waals surface area (Å²) in [7, 11) is 0. The molecule has 2 aromatic rings. The molecule has 0 saturated heterocycles. The van der Waals surface area contributed by atoms with Crippen LogP contribution < -0.4 is 5.32 Å². The molecule has 1 unspecified atom stereocenters. The lowest BCUT2D eigenvalue weighted by atomic mass is 9.92. The number of hydrogen-bond acceptors (Lipinski definition) is 2. The lowest BCUT2D eigenvalue weighted by Crippen LogP contribution is -2.46. The fourth-order valence-corrected chi connectivity index (χ4v) is 3.46. The zero-order valence-electron chi connectivity index (χ0n) is 15.0. The second-order valence-corrected chi connectivity index (χ2v) is 6.71. The van der Waals surface area contributed by atoms with Crippen molar-refractivity contribution in [3.63, 3.8) is 0 Å². The SMILES string of the molecule is CC(=O)N1CCc2ccccc2C1C(=O)NCc1cc(C)ccc1C. The molecule has 2 amide bonds. The van der Waals surface area contributed by atoms with E-state index in [-0.39, 0.29) is 11.8 Å². The van der Waals surface area contributed by atoms with Crippen LogP contribution in [0.4, 0.5) is 0 Å². The Morgan fingerprint density at radius 2 is 1.92 bits per heavy atom. The van der Waals surface area contributed by atoms with Crippen LogP contribution in [0, 0.1) is 13.8 Å². The highest BCUT2D eigenvalue weighted by Crippen LogP contribution is 2.30. The number of carbonyl (C=O) groups excluding carboxylic acids is 2. The molecular formula is C21H24N2O2. The van der Waals surface area contributed by atoms with Gasteiger partial charge in [0.2, 0.25) is 11.8 Å². The first-order valence-corrected chi connectivity index (χ1v) is 8.66. The molecule has 0 bridgehead atoms. The molecule has 25 heavy (non-hydrogen) atoms. The zero-order chi connectivity index (χ0) is 18.0. The number of nitrogens with zero attached hydrogens (tertiary/aromatic N) is 1. The average Bonchev–Trinajstić information content (AvgIpc) is 2.61. The van der Waals surface area contributed by atoms with E-state index in [2.05, 4.69) is 23.5 Å². The van der Waals surface area contributed by atoms with E-state index in [1.165, 1.54) is 12.5 Å². The lowest BCUT2D eigenvalue weighted by Gasteiger charge is -2.35. The van der Waals surface area contributed by atoms with Gasteiger partial charge in [0.25, 0.3) is 0 Å². The van der Waals surface area contributed by atoms with Gasteiger partial charge in [-0.05, 0) is 42.5 Å². The summed E-state index contributed by atoms with van der Waals surface area (Å²) in [6.07, 6.45) is 0.788. The van der Waals surface area contributed by atoms with Gasteiger partial charge < -0.3 is 10.2 Å². The van der Waals surface area contributed by atoms with E-state index in [1.54, 1.807) is 4.90 Å². The third kappa shape index (κ3) is 3.58. The minimum absolute atomic E-state index is 0.0682. The summed E-state index contributed by atoms with van der Waals surface area (Å²) in [6, 6.07) is 13.6. The van der Waals surface area contributed by atoms with Gasteiger partial charge in [-0.2, -0.15) is 0 Å². The molecule has 130 valence electrons. The van der Waals surface area contributed by atoms with Gasteiger partial charge in [-0.15, -0.1) is 0 Å². The number of amides is 2. The molecule has 4 heteroatoms. The number of aryl methyl sites for hydroxylation is 2. The summed E-state index contributed by atoms with van der Waals surface area (Å²) in [6.45, 7) is 6.65. The molecule has 1 atom stereocenters. The van der Waals surface area contributed by atoms with Gasteiger partial charge in [0.15, 0.2) is 0 Å². The third-order valence-electron chi connectivity index (χ3n) is 4.89. The smallest absolute Gasteiger partial charge is 0.247 e. The van der Waals surface area contributed by atoms with Crippen molar-refractivity contribution in [3.8, 4) is 0 Å². The Morgan fingerprint density at radius 3 is 2.68 bits per heavy atom. The minimum atomic E-state index is -0.549. The van der Waals surface area contributed by atoms with Crippen LogP contribution in [0.15, 0.2) is 42.5 Å². The maximum atomic E-state index is 12.9. The van der Waals surface area contributed by atoms with Crippen LogP contribution in [-0.4, -0.2) is 23.3 Å². The summed E-state index contributed by atoms with van der Waals surface area (Å²) in [5.74, 6) is -0.190. The summed E-state index contributed by atoms with van der Waals surface area (Å²) in [4.78, 5) is 26.7. The van der Waals surface area contributed by atoms with Crippen LogP contribution in [0.5, 0.6) is 0 Å². The first-order chi connectivity index (χ1) is 12.0. The average molecular weight is 336 g/mol. The normalized spacial score (nSPS) is 16.3. The standard InChI is InChI=1S/C21H24N2O2/c1-14-8-9-15(2)18(12-14)13-22-21(25)20-19-7-5-4-6-17(19)10-11-23(20)16(3)24/h4-9,12,20H,10-11,13H2,1-3H3,(H,22,25). The Kier molecular flexibility index (Phi) is 4.88. The van der Waals surface area contributed by atoms with Crippen LogP contribution >= 0.6 is 0 Å². The molecule has 1 N–H and O–H groups in total. The van der Waals surface area contributed by atoms with E-state index in [4.69, 9.17) is 0 Å². The quantitative estimate of drug-likeness (QED) is 0.936. The van der Waals surface area contributed by atoms with E-state index in [0.29, 0.717) is 13.1 Å². The molecule has 0 radical (unpaired) electrons. The van der Waals surface area contributed by atoms with Crippen molar-refractivity contribution in [2.75, 3.05) is 6.54 Å². The van der Waals surface area contributed by atoms with Gasteiger partial charge in [-0.1, -0.05) is 48.0 Å². The number of benzene rings is 2. The van der Waals surface area contributed by atoms with Gasteiger partial charge in [-0.3, -0.25) is 9.59 Å². The highest BCUT2D eigenvalue weighted by atomic mass is 16.2. The minimum Gasteiger partial charge on any atom is -0.350 e. The van der Waals surface area contributed by atoms with Gasteiger partial charge in [0.1, 0.15) is 6.04 Å². The fraction of sp³-hybridized carbons (Fsp3) is 0.333. The van der Waals surface area contributed by atoms with Crippen molar-refractivity contribution in [1.82, 2.24) is 10.2 Å². The van der Waals surface area contributed by atoms with Crippen LogP contribution in [0.25, 0.3) is 0 Å². The Balaban J connectivity index is 1.83. The van der Waals surface area contributed by atoms with Crippen molar-refractivity contribution in [1.29, 1.82) is 0 Å². The van der Waals surface area contributed by atoms with Gasteiger partial charge in [0.05, 0.1) is 0 Å². The molecule has 3 rings (SSSR count). The van der Waals surface area contributed by atoms with E-state index >= 15 is 0 Å². The summed E-state index contributed by atoms with van der Waals surface area (Å²) >= 11 is 0. The Hall–Kier alpha value is -2.62. The van der Waals surface area contributed by atoms with Gasteiger partial charge in [0, 0.05) is 20.0 Å². The summed E-state index contributed by atoms with van der Waals surface area (Å²) in [5, 5.41) is 3.03. The van der Waals surface area contributed by atoms with E-state index in [1.807, 2.05) is 38.1 Å². The molecule has 1 aliphatic heterocycles. The van der Waals surface area contributed by atoms with Crippen molar-refractivity contribution in [3.05, 3.63) is 70.3 Å². The molecule has 1 heterocycles. The van der Waals surface area contributed by atoms with Crippen molar-refractivity contribution >= 4 is 11.8 Å². The summed E-state index contributed by atoms with van der Waals surface area (Å²) < 4.78 is 0. The van der Waals surface area contributed by atoms with E-state index in [9.17, 15) is 9.59 Å².